The number of carbonyl (C=O) groups excluding carboxylic acids is 1. The van der Waals surface area contributed by atoms with Crippen LogP contribution in [0.3, 0.4) is 0 Å². The van der Waals surface area contributed by atoms with Gasteiger partial charge in [0.25, 0.3) is 5.69 Å². The molecule has 0 aromatic heterocycles. The number of sulfone groups is 1. The number of nitro groups is 1. The van der Waals surface area contributed by atoms with Crippen LogP contribution in [-0.4, -0.2) is 55.2 Å². The highest BCUT2D eigenvalue weighted by Gasteiger charge is 2.23. The van der Waals surface area contributed by atoms with Gasteiger partial charge in [0.2, 0.25) is 0 Å². The number of carbonyl (C=O) groups is 1. The van der Waals surface area contributed by atoms with E-state index in [0.717, 1.165) is 0 Å². The molecule has 1 heterocycles. The molecule has 1 aliphatic heterocycles. The Balaban J connectivity index is 1.97. The van der Waals surface area contributed by atoms with Crippen LogP contribution in [0, 0.1) is 10.1 Å². The Labute approximate surface area is 116 Å². The number of rotatable bonds is 4. The van der Waals surface area contributed by atoms with Crippen LogP contribution in [0.2, 0.25) is 0 Å². The summed E-state index contributed by atoms with van der Waals surface area (Å²) >= 11 is 0. The lowest BCUT2D eigenvalue weighted by Crippen LogP contribution is -2.42. The van der Waals surface area contributed by atoms with Gasteiger partial charge in [-0.3, -0.25) is 19.8 Å². The number of non-ortho nitro benzene ring substituents is 1. The molecule has 1 aromatic carbocycles. The van der Waals surface area contributed by atoms with Crippen LogP contribution < -0.4 is 0 Å². The van der Waals surface area contributed by atoms with Crippen LogP contribution in [0.5, 0.6) is 0 Å². The Bertz CT molecular complexity index is 610. The predicted octanol–water partition coefficient (Wildman–Crippen LogP) is 0.508. The molecule has 0 aliphatic carbocycles. The second-order valence-corrected chi connectivity index (χ2v) is 6.96. The average Bonchev–Trinajstić information content (AvgIpc) is 2.41. The van der Waals surface area contributed by atoms with Crippen LogP contribution in [0.4, 0.5) is 5.69 Å². The molecule has 1 saturated heterocycles. The number of hydrogen-bond donors (Lipinski definition) is 0. The molecular formula is C12H14N2O5S. The van der Waals surface area contributed by atoms with E-state index >= 15 is 0 Å². The third kappa shape index (κ3) is 3.61. The van der Waals surface area contributed by atoms with Crippen LogP contribution in [0.1, 0.15) is 10.4 Å². The number of benzene rings is 1. The quantitative estimate of drug-likeness (QED) is 0.456. The molecule has 0 bridgehead atoms. The van der Waals surface area contributed by atoms with Crippen molar-refractivity contribution in [1.82, 2.24) is 4.90 Å². The lowest BCUT2D eigenvalue weighted by atomic mass is 10.1. The maximum absolute atomic E-state index is 12.0. The van der Waals surface area contributed by atoms with E-state index in [1.807, 2.05) is 0 Å². The van der Waals surface area contributed by atoms with Crippen molar-refractivity contribution < 1.29 is 18.1 Å². The zero-order valence-corrected chi connectivity index (χ0v) is 11.5. The molecule has 0 atom stereocenters. The molecule has 8 heteroatoms. The van der Waals surface area contributed by atoms with E-state index in [4.69, 9.17) is 0 Å². The van der Waals surface area contributed by atoms with E-state index in [1.165, 1.54) is 24.3 Å². The average molecular weight is 298 g/mol. The molecule has 1 aromatic rings. The predicted molar refractivity (Wildman–Crippen MR) is 72.5 cm³/mol. The molecule has 108 valence electrons. The standard InChI is InChI=1S/C12H14N2O5S/c15-12(9-13-5-7-20(18,19)8-6-13)10-1-3-11(4-2-10)14(16)17/h1-4H,5-9H2. The van der Waals surface area contributed by atoms with E-state index in [2.05, 4.69) is 0 Å². The van der Waals surface area contributed by atoms with Gasteiger partial charge in [0, 0.05) is 30.8 Å². The third-order valence-electron chi connectivity index (χ3n) is 3.20. The largest absolute Gasteiger partial charge is 0.294 e. The van der Waals surface area contributed by atoms with Crippen molar-refractivity contribution in [1.29, 1.82) is 0 Å². The summed E-state index contributed by atoms with van der Waals surface area (Å²) in [5.74, 6) is -0.0274. The number of nitrogens with zero attached hydrogens (tertiary/aromatic N) is 2. The number of ketones is 1. The van der Waals surface area contributed by atoms with Crippen LogP contribution in [0.15, 0.2) is 24.3 Å². The van der Waals surface area contributed by atoms with Gasteiger partial charge in [0.05, 0.1) is 23.0 Å². The molecule has 0 amide bonds. The fraction of sp³-hybridized carbons (Fsp3) is 0.417. The van der Waals surface area contributed by atoms with Gasteiger partial charge in [-0.05, 0) is 12.1 Å². The van der Waals surface area contributed by atoms with Crippen LogP contribution >= 0.6 is 0 Å². The normalized spacial score (nSPS) is 18.6. The topological polar surface area (TPSA) is 97.6 Å². The Kier molecular flexibility index (Phi) is 4.15. The first-order valence-electron chi connectivity index (χ1n) is 6.08. The van der Waals surface area contributed by atoms with Gasteiger partial charge in [-0.25, -0.2) is 8.42 Å². The molecule has 1 aliphatic rings. The number of hydrogen-bond acceptors (Lipinski definition) is 6. The monoisotopic (exact) mass is 298 g/mol. The lowest BCUT2D eigenvalue weighted by Gasteiger charge is -2.25. The Hall–Kier alpha value is -1.80. The SMILES string of the molecule is O=C(CN1CCS(=O)(=O)CC1)c1ccc([N+](=O)[O-])cc1. The highest BCUT2D eigenvalue weighted by atomic mass is 32.2. The first-order valence-corrected chi connectivity index (χ1v) is 7.90. The first kappa shape index (κ1) is 14.6. The Morgan fingerprint density at radius 1 is 1.20 bits per heavy atom. The van der Waals surface area contributed by atoms with Gasteiger partial charge < -0.3 is 0 Å². The van der Waals surface area contributed by atoms with Crippen LogP contribution in [0.25, 0.3) is 0 Å². The zero-order valence-electron chi connectivity index (χ0n) is 10.7. The molecule has 2 rings (SSSR count). The van der Waals surface area contributed by atoms with Crippen LogP contribution in [-0.2, 0) is 9.84 Å². The minimum absolute atomic E-state index is 0.0642. The molecular weight excluding hydrogens is 284 g/mol. The molecule has 7 nitrogen and oxygen atoms in total. The highest BCUT2D eigenvalue weighted by molar-refractivity contribution is 7.91. The smallest absolute Gasteiger partial charge is 0.269 e. The minimum Gasteiger partial charge on any atom is -0.294 e. The third-order valence-corrected chi connectivity index (χ3v) is 4.81. The van der Waals surface area contributed by atoms with E-state index in [1.54, 1.807) is 4.90 Å². The molecule has 1 fully saturated rings. The van der Waals surface area contributed by atoms with Crippen molar-refractivity contribution in [3.63, 3.8) is 0 Å². The molecule has 0 radical (unpaired) electrons. The van der Waals surface area contributed by atoms with Gasteiger partial charge in [0.1, 0.15) is 0 Å². The number of nitro benzene ring substituents is 1. The Morgan fingerprint density at radius 3 is 2.25 bits per heavy atom. The van der Waals surface area contributed by atoms with E-state index in [0.29, 0.717) is 18.7 Å². The van der Waals surface area contributed by atoms with E-state index < -0.39 is 14.8 Å². The van der Waals surface area contributed by atoms with Crippen molar-refractivity contribution >= 4 is 21.3 Å². The second kappa shape index (κ2) is 5.68. The van der Waals surface area contributed by atoms with Gasteiger partial charge in [0.15, 0.2) is 15.6 Å². The number of Topliss-reactive ketones (excluding diaryl/α,β-unsaturated/α-hetero) is 1. The maximum Gasteiger partial charge on any atom is 0.269 e. The Morgan fingerprint density at radius 2 is 1.75 bits per heavy atom. The van der Waals surface area contributed by atoms with E-state index in [-0.39, 0.29) is 29.5 Å². The summed E-state index contributed by atoms with van der Waals surface area (Å²) in [6.45, 7) is 0.829. The van der Waals surface area contributed by atoms with Gasteiger partial charge >= 0.3 is 0 Å². The molecule has 0 spiro atoms. The summed E-state index contributed by atoms with van der Waals surface area (Å²) in [5.41, 5.74) is 0.328. The van der Waals surface area contributed by atoms with Crippen molar-refractivity contribution in [2.45, 2.75) is 0 Å². The highest BCUT2D eigenvalue weighted by Crippen LogP contribution is 2.13. The zero-order chi connectivity index (χ0) is 14.8. The molecule has 20 heavy (non-hydrogen) atoms. The first-order chi connectivity index (χ1) is 9.37. The summed E-state index contributed by atoms with van der Waals surface area (Å²) in [7, 11) is -2.96. The lowest BCUT2D eigenvalue weighted by molar-refractivity contribution is -0.384. The summed E-state index contributed by atoms with van der Waals surface area (Å²) in [6.07, 6.45) is 0. The summed E-state index contributed by atoms with van der Waals surface area (Å²) in [5, 5.41) is 10.5. The van der Waals surface area contributed by atoms with Gasteiger partial charge in [-0.15, -0.1) is 0 Å². The molecule has 0 N–H and O–H groups in total. The van der Waals surface area contributed by atoms with Gasteiger partial charge in [-0.2, -0.15) is 0 Å². The van der Waals surface area contributed by atoms with Crippen molar-refractivity contribution in [3.05, 3.63) is 39.9 Å². The van der Waals surface area contributed by atoms with E-state index in [9.17, 15) is 23.3 Å². The fourth-order valence-electron chi connectivity index (χ4n) is 1.97. The maximum atomic E-state index is 12.0. The summed E-state index contributed by atoms with van der Waals surface area (Å²) in [6, 6.07) is 5.41. The van der Waals surface area contributed by atoms with Gasteiger partial charge in [-0.1, -0.05) is 0 Å². The second-order valence-electron chi connectivity index (χ2n) is 4.66. The summed E-state index contributed by atoms with van der Waals surface area (Å²) < 4.78 is 22.6. The fourth-order valence-corrected chi connectivity index (χ4v) is 3.25. The minimum atomic E-state index is -2.96. The van der Waals surface area contributed by atoms with Crippen molar-refractivity contribution in [3.8, 4) is 0 Å². The molecule has 0 saturated carbocycles. The molecule has 0 unspecified atom stereocenters. The summed E-state index contributed by atoms with van der Waals surface area (Å²) in [4.78, 5) is 23.8. The van der Waals surface area contributed by atoms with Crippen molar-refractivity contribution in [2.75, 3.05) is 31.1 Å². The van der Waals surface area contributed by atoms with Crippen molar-refractivity contribution in [2.24, 2.45) is 0 Å².